The van der Waals surface area contributed by atoms with Crippen LogP contribution in [0.15, 0.2) is 41.3 Å². The number of rotatable bonds is 0. The molecule has 0 atom stereocenters. The average Bonchev–Trinajstić information content (AvgIpc) is 2.78. The molecule has 0 aliphatic rings. The number of aromatic nitrogens is 2. The molecule has 0 radical (unpaired) electrons. The summed E-state index contributed by atoms with van der Waals surface area (Å²) in [5.41, 5.74) is 4.17. The molecule has 1 amide bonds. The Morgan fingerprint density at radius 3 is 2.43 bits per heavy atom. The van der Waals surface area contributed by atoms with Crippen LogP contribution in [0, 0.1) is 0 Å². The van der Waals surface area contributed by atoms with Crippen molar-refractivity contribution in [1.29, 1.82) is 0 Å². The molecule has 6 heteroatoms. The Labute approximate surface area is 80.4 Å². The van der Waals surface area contributed by atoms with Crippen LogP contribution in [-0.4, -0.2) is 21.7 Å². The summed E-state index contributed by atoms with van der Waals surface area (Å²) in [4.78, 5) is 8.58. The van der Waals surface area contributed by atoms with Crippen LogP contribution in [0.2, 0.25) is 0 Å². The minimum atomic E-state index is -0.0324. The molecule has 0 spiro atoms. The number of hydrogen-bond donors (Lipinski definition) is 3. The molecule has 0 aliphatic heterocycles. The summed E-state index contributed by atoms with van der Waals surface area (Å²) in [6.07, 6.45) is 5.12. The van der Waals surface area contributed by atoms with Crippen molar-refractivity contribution in [3.05, 3.63) is 36.9 Å². The summed E-state index contributed by atoms with van der Waals surface area (Å²) in [6, 6.07) is 4.93. The van der Waals surface area contributed by atoms with Gasteiger partial charge in [-0.05, 0) is 12.1 Å². The molecule has 2 rings (SSSR count). The Morgan fingerprint density at radius 1 is 1.57 bits per heavy atom. The molecule has 2 aromatic heterocycles. The number of aromatic hydroxyl groups is 1. The Bertz CT molecular complexity index is 274. The summed E-state index contributed by atoms with van der Waals surface area (Å²) in [7, 11) is 0. The van der Waals surface area contributed by atoms with E-state index in [9.17, 15) is 0 Å². The lowest BCUT2D eigenvalue weighted by Gasteiger charge is -1.69. The molecule has 0 unspecified atom stereocenters. The van der Waals surface area contributed by atoms with E-state index in [0.717, 1.165) is 0 Å². The molecule has 76 valence electrons. The van der Waals surface area contributed by atoms with Gasteiger partial charge in [0.05, 0.1) is 6.26 Å². The Kier molecular flexibility index (Phi) is 7.44. The number of amides is 1. The number of nitrogens with one attached hydrogen (secondary N) is 1. The van der Waals surface area contributed by atoms with Crippen molar-refractivity contribution in [3.8, 4) is 5.95 Å². The fourth-order valence-electron chi connectivity index (χ4n) is 0.485. The maximum Gasteiger partial charge on any atom is 0.281 e. The number of aromatic amines is 1. The molecule has 14 heavy (non-hydrogen) atoms. The molecule has 2 aromatic rings. The Morgan fingerprint density at radius 2 is 2.29 bits per heavy atom. The van der Waals surface area contributed by atoms with Crippen LogP contribution >= 0.6 is 0 Å². The molecular formula is C8H11N3O3. The van der Waals surface area contributed by atoms with E-state index in [4.69, 9.17) is 9.90 Å². The van der Waals surface area contributed by atoms with E-state index in [-0.39, 0.29) is 12.4 Å². The van der Waals surface area contributed by atoms with E-state index in [1.807, 2.05) is 6.07 Å². The lowest BCUT2D eigenvalue weighted by molar-refractivity contribution is -0.106. The van der Waals surface area contributed by atoms with Crippen LogP contribution < -0.4 is 5.73 Å². The second-order valence-corrected chi connectivity index (χ2v) is 1.85. The third kappa shape index (κ3) is 7.86. The first-order valence-electron chi connectivity index (χ1n) is 3.62. The standard InChI is InChI=1S/C4H4O2.C3H4N2.CH3NO/c5-4-2-1-3-6-4;1-2-4-5-3-1;2-1-3/h1-3,5H;1-3H,(H,4,5);1H,(H2,2,3). The van der Waals surface area contributed by atoms with Gasteiger partial charge in [-0.1, -0.05) is 0 Å². The van der Waals surface area contributed by atoms with Gasteiger partial charge in [0, 0.05) is 18.5 Å². The van der Waals surface area contributed by atoms with Gasteiger partial charge in [0.2, 0.25) is 6.41 Å². The Balaban J connectivity index is 0.000000193. The van der Waals surface area contributed by atoms with Gasteiger partial charge in [-0.2, -0.15) is 5.10 Å². The zero-order chi connectivity index (χ0) is 10.6. The van der Waals surface area contributed by atoms with E-state index >= 15 is 0 Å². The summed E-state index contributed by atoms with van der Waals surface area (Å²) >= 11 is 0. The topological polar surface area (TPSA) is 105 Å². The van der Waals surface area contributed by atoms with Crippen LogP contribution in [0.25, 0.3) is 0 Å². The molecule has 0 saturated heterocycles. The maximum atomic E-state index is 8.58. The summed E-state index contributed by atoms with van der Waals surface area (Å²) in [6.45, 7) is 0. The molecule has 0 bridgehead atoms. The third-order valence-electron chi connectivity index (χ3n) is 0.912. The largest absolute Gasteiger partial charge is 0.481 e. The first-order chi connectivity index (χ1) is 6.81. The number of carbonyl (C=O) groups is 1. The summed E-state index contributed by atoms with van der Waals surface area (Å²) in [5, 5.41) is 14.5. The quantitative estimate of drug-likeness (QED) is 0.534. The van der Waals surface area contributed by atoms with Crippen molar-refractivity contribution in [2.24, 2.45) is 5.73 Å². The van der Waals surface area contributed by atoms with Gasteiger partial charge in [0.15, 0.2) is 0 Å². The van der Waals surface area contributed by atoms with Crippen LogP contribution in [0.4, 0.5) is 0 Å². The van der Waals surface area contributed by atoms with E-state index in [0.29, 0.717) is 0 Å². The predicted molar refractivity (Wildman–Crippen MR) is 49.2 cm³/mol. The SMILES string of the molecule is NC=O.Oc1ccco1.c1cn[nH]c1. The molecule has 4 N–H and O–H groups in total. The maximum absolute atomic E-state index is 8.58. The van der Waals surface area contributed by atoms with Crippen molar-refractivity contribution in [2.75, 3.05) is 0 Å². The molecule has 0 fully saturated rings. The first kappa shape index (κ1) is 11.8. The van der Waals surface area contributed by atoms with Crippen molar-refractivity contribution >= 4 is 6.41 Å². The lowest BCUT2D eigenvalue weighted by Crippen LogP contribution is -1.82. The number of primary amides is 1. The van der Waals surface area contributed by atoms with Gasteiger partial charge >= 0.3 is 0 Å². The minimum absolute atomic E-state index is 0.0324. The molecule has 2 heterocycles. The zero-order valence-corrected chi connectivity index (χ0v) is 7.33. The fraction of sp³-hybridized carbons (Fsp3) is 0. The number of H-pyrrole nitrogens is 1. The second kappa shape index (κ2) is 8.85. The normalized spacial score (nSPS) is 7.43. The predicted octanol–water partition coefficient (Wildman–Crippen LogP) is 0.496. The van der Waals surface area contributed by atoms with Crippen LogP contribution in [0.5, 0.6) is 5.95 Å². The molecule has 0 saturated carbocycles. The highest BCUT2D eigenvalue weighted by Gasteiger charge is 1.79. The smallest absolute Gasteiger partial charge is 0.281 e. The van der Waals surface area contributed by atoms with E-state index < -0.39 is 0 Å². The number of nitrogens with two attached hydrogens (primary N) is 1. The van der Waals surface area contributed by atoms with Gasteiger partial charge in [-0.15, -0.1) is 0 Å². The first-order valence-corrected chi connectivity index (χ1v) is 3.62. The lowest BCUT2D eigenvalue weighted by atomic mass is 10.7. The highest BCUT2D eigenvalue weighted by atomic mass is 16.5. The number of carbonyl (C=O) groups excluding carboxylic acids is 1. The van der Waals surface area contributed by atoms with Gasteiger partial charge < -0.3 is 15.3 Å². The highest BCUT2D eigenvalue weighted by molar-refractivity contribution is 5.42. The van der Waals surface area contributed by atoms with Gasteiger partial charge in [-0.25, -0.2) is 0 Å². The molecule has 6 nitrogen and oxygen atoms in total. The summed E-state index contributed by atoms with van der Waals surface area (Å²) < 4.78 is 4.39. The number of nitrogens with zero attached hydrogens (tertiary/aromatic N) is 1. The second-order valence-electron chi connectivity index (χ2n) is 1.85. The summed E-state index contributed by atoms with van der Waals surface area (Å²) in [5.74, 6) is -0.0324. The molecule has 0 aromatic carbocycles. The van der Waals surface area contributed by atoms with Crippen LogP contribution in [0.1, 0.15) is 0 Å². The fourth-order valence-corrected chi connectivity index (χ4v) is 0.485. The van der Waals surface area contributed by atoms with E-state index in [2.05, 4.69) is 20.3 Å². The van der Waals surface area contributed by atoms with Crippen molar-refractivity contribution in [1.82, 2.24) is 10.2 Å². The number of hydrogen-bond acceptors (Lipinski definition) is 4. The van der Waals surface area contributed by atoms with Crippen molar-refractivity contribution in [3.63, 3.8) is 0 Å². The minimum Gasteiger partial charge on any atom is -0.481 e. The van der Waals surface area contributed by atoms with Gasteiger partial charge in [0.25, 0.3) is 5.95 Å². The third-order valence-corrected chi connectivity index (χ3v) is 0.912. The van der Waals surface area contributed by atoms with Crippen LogP contribution in [-0.2, 0) is 4.79 Å². The molecular weight excluding hydrogens is 186 g/mol. The van der Waals surface area contributed by atoms with Crippen molar-refractivity contribution < 1.29 is 14.3 Å². The Hall–Kier alpha value is -2.24. The van der Waals surface area contributed by atoms with Crippen LogP contribution in [0.3, 0.4) is 0 Å². The van der Waals surface area contributed by atoms with Gasteiger partial charge in [0.1, 0.15) is 0 Å². The van der Waals surface area contributed by atoms with Gasteiger partial charge in [-0.3, -0.25) is 9.89 Å². The molecule has 0 aliphatic carbocycles. The highest BCUT2D eigenvalue weighted by Crippen LogP contribution is 2.04. The van der Waals surface area contributed by atoms with E-state index in [1.165, 1.54) is 12.3 Å². The number of furan rings is 1. The average molecular weight is 197 g/mol. The van der Waals surface area contributed by atoms with Crippen molar-refractivity contribution in [2.45, 2.75) is 0 Å². The monoisotopic (exact) mass is 197 g/mol. The zero-order valence-electron chi connectivity index (χ0n) is 7.33. The van der Waals surface area contributed by atoms with E-state index in [1.54, 1.807) is 18.5 Å².